The molecule has 2 aliphatic rings. The summed E-state index contributed by atoms with van der Waals surface area (Å²) in [5, 5.41) is 7.11. The third kappa shape index (κ3) is 4.30. The predicted molar refractivity (Wildman–Crippen MR) is 126 cm³/mol. The summed E-state index contributed by atoms with van der Waals surface area (Å²) < 4.78 is 16.5. The maximum atomic E-state index is 5.79. The van der Waals surface area contributed by atoms with Crippen LogP contribution in [0.4, 0.5) is 5.69 Å². The molecule has 0 saturated carbocycles. The number of hydrogen-bond donors (Lipinski definition) is 0. The molecule has 1 atom stereocenters. The summed E-state index contributed by atoms with van der Waals surface area (Å²) in [6.07, 6.45) is 0.812. The molecule has 0 amide bonds. The molecule has 0 bridgehead atoms. The van der Waals surface area contributed by atoms with Crippen molar-refractivity contribution in [1.29, 1.82) is 0 Å². The standard InChI is InChI=1S/C26H25N3O3/c1-30-22-11-9-20(10-12-22)25-17-24(28-29(25)21-5-3-2-4-6-21)19-7-13-23(14-8-19)32-18-26-27-15-16-31-26/h2-14,25H,15-18H2,1H3. The van der Waals surface area contributed by atoms with Crippen LogP contribution in [0.5, 0.6) is 11.5 Å². The van der Waals surface area contributed by atoms with E-state index in [1.807, 2.05) is 42.5 Å². The highest BCUT2D eigenvalue weighted by atomic mass is 16.5. The Labute approximate surface area is 187 Å². The average molecular weight is 428 g/mol. The first-order valence-corrected chi connectivity index (χ1v) is 10.8. The minimum atomic E-state index is 0.117. The number of hydrazone groups is 1. The summed E-state index contributed by atoms with van der Waals surface area (Å²) in [6, 6.07) is 26.7. The van der Waals surface area contributed by atoms with Crippen LogP contribution in [-0.4, -0.2) is 38.5 Å². The van der Waals surface area contributed by atoms with Crippen LogP contribution in [0.1, 0.15) is 23.6 Å². The van der Waals surface area contributed by atoms with Crippen LogP contribution >= 0.6 is 0 Å². The molecule has 0 N–H and O–H groups in total. The van der Waals surface area contributed by atoms with E-state index < -0.39 is 0 Å². The molecule has 6 nitrogen and oxygen atoms in total. The van der Waals surface area contributed by atoms with Gasteiger partial charge in [-0.2, -0.15) is 5.10 Å². The zero-order valence-corrected chi connectivity index (χ0v) is 18.0. The summed E-state index contributed by atoms with van der Waals surface area (Å²) in [7, 11) is 1.68. The molecule has 3 aromatic carbocycles. The van der Waals surface area contributed by atoms with Crippen molar-refractivity contribution in [3.8, 4) is 11.5 Å². The Morgan fingerprint density at radius 3 is 2.38 bits per heavy atom. The van der Waals surface area contributed by atoms with Crippen molar-refractivity contribution < 1.29 is 14.2 Å². The smallest absolute Gasteiger partial charge is 0.222 e. The summed E-state index contributed by atoms with van der Waals surface area (Å²) in [6.45, 7) is 1.72. The highest BCUT2D eigenvalue weighted by Gasteiger charge is 2.30. The lowest BCUT2D eigenvalue weighted by molar-refractivity contribution is 0.293. The number of anilines is 1. The molecule has 0 aliphatic carbocycles. The Morgan fingerprint density at radius 2 is 1.69 bits per heavy atom. The minimum absolute atomic E-state index is 0.117. The van der Waals surface area contributed by atoms with E-state index in [0.29, 0.717) is 25.7 Å². The highest BCUT2D eigenvalue weighted by Crippen LogP contribution is 2.37. The van der Waals surface area contributed by atoms with E-state index in [0.717, 1.165) is 34.9 Å². The summed E-state index contributed by atoms with van der Waals surface area (Å²) >= 11 is 0. The van der Waals surface area contributed by atoms with Gasteiger partial charge in [0.25, 0.3) is 0 Å². The Morgan fingerprint density at radius 1 is 0.938 bits per heavy atom. The third-order valence-electron chi connectivity index (χ3n) is 5.63. The number of ether oxygens (including phenoxy) is 3. The van der Waals surface area contributed by atoms with Gasteiger partial charge in [0.15, 0.2) is 6.61 Å². The molecule has 0 aromatic heterocycles. The number of nitrogens with zero attached hydrogens (tertiary/aromatic N) is 3. The minimum Gasteiger partial charge on any atom is -0.497 e. The van der Waals surface area contributed by atoms with Gasteiger partial charge in [-0.25, -0.2) is 4.99 Å². The van der Waals surface area contributed by atoms with E-state index in [1.165, 1.54) is 5.56 Å². The van der Waals surface area contributed by atoms with Crippen molar-refractivity contribution in [2.45, 2.75) is 12.5 Å². The van der Waals surface area contributed by atoms with E-state index in [4.69, 9.17) is 19.3 Å². The van der Waals surface area contributed by atoms with Gasteiger partial charge in [0.2, 0.25) is 5.90 Å². The molecule has 6 heteroatoms. The van der Waals surface area contributed by atoms with Gasteiger partial charge >= 0.3 is 0 Å². The highest BCUT2D eigenvalue weighted by molar-refractivity contribution is 6.03. The molecule has 1 unspecified atom stereocenters. The second-order valence-corrected chi connectivity index (χ2v) is 7.66. The predicted octanol–water partition coefficient (Wildman–Crippen LogP) is 4.86. The van der Waals surface area contributed by atoms with Crippen molar-refractivity contribution >= 4 is 17.3 Å². The zero-order valence-electron chi connectivity index (χ0n) is 18.0. The summed E-state index contributed by atoms with van der Waals surface area (Å²) in [5.41, 5.74) is 4.40. The molecule has 0 fully saturated rings. The second-order valence-electron chi connectivity index (χ2n) is 7.66. The third-order valence-corrected chi connectivity index (χ3v) is 5.63. The number of hydrogen-bond acceptors (Lipinski definition) is 6. The molecule has 0 saturated heterocycles. The number of para-hydroxylation sites is 1. The van der Waals surface area contributed by atoms with Crippen LogP contribution in [-0.2, 0) is 4.74 Å². The lowest BCUT2D eigenvalue weighted by Crippen LogP contribution is -2.18. The molecule has 32 heavy (non-hydrogen) atoms. The normalized spacial score (nSPS) is 17.5. The van der Waals surface area contributed by atoms with Crippen LogP contribution in [0.2, 0.25) is 0 Å². The maximum Gasteiger partial charge on any atom is 0.222 e. The molecule has 2 heterocycles. The van der Waals surface area contributed by atoms with Crippen molar-refractivity contribution in [2.24, 2.45) is 10.1 Å². The largest absolute Gasteiger partial charge is 0.497 e. The van der Waals surface area contributed by atoms with Gasteiger partial charge in [0.05, 0.1) is 31.1 Å². The SMILES string of the molecule is COc1ccc(C2CC(c3ccc(OCC4=NCCO4)cc3)=NN2c2ccccc2)cc1. The number of aliphatic imine (C=N–C) groups is 1. The van der Waals surface area contributed by atoms with E-state index in [2.05, 4.69) is 46.4 Å². The first-order chi connectivity index (χ1) is 15.8. The number of rotatable bonds is 7. The lowest BCUT2D eigenvalue weighted by Gasteiger charge is -2.24. The van der Waals surface area contributed by atoms with Gasteiger partial charge in [-0.05, 0) is 59.7 Å². The number of methoxy groups -OCH3 is 1. The first-order valence-electron chi connectivity index (χ1n) is 10.8. The Kier molecular flexibility index (Phi) is 5.75. The quantitative estimate of drug-likeness (QED) is 0.540. The van der Waals surface area contributed by atoms with Gasteiger partial charge in [-0.15, -0.1) is 0 Å². The van der Waals surface area contributed by atoms with E-state index in [1.54, 1.807) is 7.11 Å². The summed E-state index contributed by atoms with van der Waals surface area (Å²) in [4.78, 5) is 4.25. The Bertz CT molecular complexity index is 1110. The lowest BCUT2D eigenvalue weighted by atomic mass is 9.98. The van der Waals surface area contributed by atoms with Gasteiger partial charge in [0.1, 0.15) is 18.1 Å². The van der Waals surface area contributed by atoms with E-state index in [9.17, 15) is 0 Å². The molecule has 162 valence electrons. The fourth-order valence-corrected chi connectivity index (χ4v) is 3.94. The first kappa shape index (κ1) is 20.1. The fourth-order valence-electron chi connectivity index (χ4n) is 3.94. The van der Waals surface area contributed by atoms with E-state index in [-0.39, 0.29) is 6.04 Å². The van der Waals surface area contributed by atoms with Gasteiger partial charge in [-0.3, -0.25) is 5.01 Å². The molecule has 3 aromatic rings. The molecule has 5 rings (SSSR count). The van der Waals surface area contributed by atoms with Crippen molar-refractivity contribution in [1.82, 2.24) is 0 Å². The Hall–Kier alpha value is -3.80. The van der Waals surface area contributed by atoms with Gasteiger partial charge in [0, 0.05) is 6.42 Å². The van der Waals surface area contributed by atoms with Crippen molar-refractivity contribution in [2.75, 3.05) is 31.9 Å². The fraction of sp³-hybridized carbons (Fsp3) is 0.231. The van der Waals surface area contributed by atoms with Crippen LogP contribution in [0.25, 0.3) is 0 Å². The van der Waals surface area contributed by atoms with Gasteiger partial charge in [-0.1, -0.05) is 30.3 Å². The molecular formula is C26H25N3O3. The monoisotopic (exact) mass is 427 g/mol. The molecular weight excluding hydrogens is 402 g/mol. The second kappa shape index (κ2) is 9.14. The molecule has 2 aliphatic heterocycles. The summed E-state index contributed by atoms with van der Waals surface area (Å²) in [5.74, 6) is 2.30. The van der Waals surface area contributed by atoms with Crippen LogP contribution < -0.4 is 14.5 Å². The van der Waals surface area contributed by atoms with Gasteiger partial charge < -0.3 is 14.2 Å². The van der Waals surface area contributed by atoms with Crippen LogP contribution in [0, 0.1) is 0 Å². The molecule has 0 spiro atoms. The Balaban J connectivity index is 1.37. The average Bonchev–Trinajstić information content (AvgIpc) is 3.54. The zero-order chi connectivity index (χ0) is 21.8. The molecule has 0 radical (unpaired) electrons. The van der Waals surface area contributed by atoms with E-state index >= 15 is 0 Å². The van der Waals surface area contributed by atoms with Crippen LogP contribution in [0.3, 0.4) is 0 Å². The maximum absolute atomic E-state index is 5.79. The van der Waals surface area contributed by atoms with Crippen LogP contribution in [0.15, 0.2) is 89.0 Å². The van der Waals surface area contributed by atoms with Crippen molar-refractivity contribution in [3.63, 3.8) is 0 Å². The van der Waals surface area contributed by atoms with Crippen molar-refractivity contribution in [3.05, 3.63) is 90.0 Å². The number of benzene rings is 3. The topological polar surface area (TPSA) is 55.6 Å².